The first-order valence-corrected chi connectivity index (χ1v) is 7.93. The fraction of sp³-hybridized carbons (Fsp3) is 0.188. The Hall–Kier alpha value is -1.39. The van der Waals surface area contributed by atoms with Crippen molar-refractivity contribution in [3.05, 3.63) is 58.1 Å². The van der Waals surface area contributed by atoms with Gasteiger partial charge in [0.15, 0.2) is 0 Å². The molecule has 3 aromatic rings. The van der Waals surface area contributed by atoms with Crippen LogP contribution in [0, 0.1) is 12.7 Å². The van der Waals surface area contributed by atoms with Crippen molar-refractivity contribution in [1.29, 1.82) is 0 Å². The second-order valence-corrected chi connectivity index (χ2v) is 6.08. The summed E-state index contributed by atoms with van der Waals surface area (Å²) in [6.45, 7) is 2.02. The molecule has 0 aliphatic heterocycles. The summed E-state index contributed by atoms with van der Waals surface area (Å²) in [6.07, 6.45) is 0.632. The summed E-state index contributed by atoms with van der Waals surface area (Å²) in [5.74, 6) is 1.02. The van der Waals surface area contributed by atoms with Crippen molar-refractivity contribution in [2.24, 2.45) is 0 Å². The quantitative estimate of drug-likeness (QED) is 0.595. The van der Waals surface area contributed by atoms with E-state index in [4.69, 9.17) is 11.6 Å². The lowest BCUT2D eigenvalue weighted by molar-refractivity contribution is 0.619. The lowest BCUT2D eigenvalue weighted by Gasteiger charge is -2.09. The summed E-state index contributed by atoms with van der Waals surface area (Å²) in [5, 5.41) is 0. The molecule has 0 unspecified atom stereocenters. The SMILES string of the molecule is Cc1cccc2c1nc(CCCl)n2-c1ccc(Br)c(F)c1. The lowest BCUT2D eigenvalue weighted by Crippen LogP contribution is -2.02. The van der Waals surface area contributed by atoms with Gasteiger partial charge in [-0.3, -0.25) is 4.57 Å². The Kier molecular flexibility index (Phi) is 4.00. The molecule has 0 aliphatic carbocycles. The molecule has 3 rings (SSSR count). The average molecular weight is 368 g/mol. The maximum absolute atomic E-state index is 13.9. The Bertz CT molecular complexity index is 813. The van der Waals surface area contributed by atoms with E-state index in [-0.39, 0.29) is 5.82 Å². The van der Waals surface area contributed by atoms with Gasteiger partial charge in [0.05, 0.1) is 21.2 Å². The molecule has 0 radical (unpaired) electrons. The first kappa shape index (κ1) is 14.5. The van der Waals surface area contributed by atoms with E-state index in [0.717, 1.165) is 28.1 Å². The van der Waals surface area contributed by atoms with Crippen LogP contribution in [0.4, 0.5) is 4.39 Å². The van der Waals surface area contributed by atoms with Crippen LogP contribution in [0.15, 0.2) is 40.9 Å². The molecular formula is C16H13BrClFN2. The number of alkyl halides is 1. The Morgan fingerprint density at radius 1 is 1.29 bits per heavy atom. The molecule has 5 heteroatoms. The molecule has 2 aromatic carbocycles. The maximum Gasteiger partial charge on any atom is 0.139 e. The van der Waals surface area contributed by atoms with Crippen LogP contribution in [0.3, 0.4) is 0 Å². The molecule has 0 fully saturated rings. The Morgan fingerprint density at radius 2 is 2.10 bits per heavy atom. The van der Waals surface area contributed by atoms with Crippen LogP contribution in [0.1, 0.15) is 11.4 Å². The average Bonchev–Trinajstić information content (AvgIpc) is 2.82. The van der Waals surface area contributed by atoms with E-state index in [1.54, 1.807) is 6.07 Å². The third-order valence-corrected chi connectivity index (χ3v) is 4.27. The van der Waals surface area contributed by atoms with Gasteiger partial charge in [0.25, 0.3) is 0 Å². The molecule has 0 saturated carbocycles. The number of benzene rings is 2. The fourth-order valence-electron chi connectivity index (χ4n) is 2.45. The molecule has 0 amide bonds. The second-order valence-electron chi connectivity index (χ2n) is 4.84. The van der Waals surface area contributed by atoms with E-state index in [2.05, 4.69) is 20.9 Å². The van der Waals surface area contributed by atoms with Gasteiger partial charge in [-0.15, -0.1) is 11.6 Å². The maximum atomic E-state index is 13.9. The number of para-hydroxylation sites is 1. The van der Waals surface area contributed by atoms with Crippen molar-refractivity contribution in [3.8, 4) is 5.69 Å². The highest BCUT2D eigenvalue weighted by molar-refractivity contribution is 9.10. The molecule has 1 heterocycles. The summed E-state index contributed by atoms with van der Waals surface area (Å²) in [4.78, 5) is 4.67. The van der Waals surface area contributed by atoms with Crippen LogP contribution in [0.2, 0.25) is 0 Å². The summed E-state index contributed by atoms with van der Waals surface area (Å²) in [6, 6.07) is 11.1. The van der Waals surface area contributed by atoms with Gasteiger partial charge in [-0.2, -0.15) is 0 Å². The fourth-order valence-corrected chi connectivity index (χ4v) is 2.87. The summed E-state index contributed by atoms with van der Waals surface area (Å²) >= 11 is 9.07. The van der Waals surface area contributed by atoms with E-state index in [9.17, 15) is 4.39 Å². The van der Waals surface area contributed by atoms with Crippen molar-refractivity contribution >= 4 is 38.6 Å². The van der Waals surface area contributed by atoms with Gasteiger partial charge >= 0.3 is 0 Å². The van der Waals surface area contributed by atoms with Crippen LogP contribution in [-0.2, 0) is 6.42 Å². The molecule has 0 atom stereocenters. The van der Waals surface area contributed by atoms with Crippen molar-refractivity contribution in [2.45, 2.75) is 13.3 Å². The van der Waals surface area contributed by atoms with E-state index in [0.29, 0.717) is 16.8 Å². The minimum atomic E-state index is -0.293. The van der Waals surface area contributed by atoms with Gasteiger partial charge in [0.2, 0.25) is 0 Å². The van der Waals surface area contributed by atoms with Gasteiger partial charge < -0.3 is 0 Å². The number of hydrogen-bond acceptors (Lipinski definition) is 1. The minimum absolute atomic E-state index is 0.293. The number of hydrogen-bond donors (Lipinski definition) is 0. The normalized spacial score (nSPS) is 11.2. The van der Waals surface area contributed by atoms with E-state index < -0.39 is 0 Å². The predicted molar refractivity (Wildman–Crippen MR) is 87.9 cm³/mol. The number of aryl methyl sites for hydroxylation is 2. The Labute approximate surface area is 135 Å². The zero-order chi connectivity index (χ0) is 15.0. The number of fused-ring (bicyclic) bond motifs is 1. The van der Waals surface area contributed by atoms with Crippen LogP contribution in [0.5, 0.6) is 0 Å². The van der Waals surface area contributed by atoms with Crippen molar-refractivity contribution in [3.63, 3.8) is 0 Å². The number of nitrogens with zero attached hydrogens (tertiary/aromatic N) is 2. The minimum Gasteiger partial charge on any atom is -0.296 e. The third-order valence-electron chi connectivity index (χ3n) is 3.44. The monoisotopic (exact) mass is 366 g/mol. The van der Waals surface area contributed by atoms with Crippen LogP contribution in [-0.4, -0.2) is 15.4 Å². The van der Waals surface area contributed by atoms with Crippen LogP contribution < -0.4 is 0 Å². The Balaban J connectivity index is 2.30. The van der Waals surface area contributed by atoms with Crippen molar-refractivity contribution in [2.75, 3.05) is 5.88 Å². The van der Waals surface area contributed by atoms with Crippen molar-refractivity contribution < 1.29 is 4.39 Å². The van der Waals surface area contributed by atoms with E-state index >= 15 is 0 Å². The molecule has 108 valence electrons. The molecule has 1 aromatic heterocycles. The Morgan fingerprint density at radius 3 is 2.81 bits per heavy atom. The number of aromatic nitrogens is 2. The third kappa shape index (κ3) is 2.58. The largest absolute Gasteiger partial charge is 0.296 e. The molecular weight excluding hydrogens is 355 g/mol. The van der Waals surface area contributed by atoms with Gasteiger partial charge in [-0.1, -0.05) is 12.1 Å². The van der Waals surface area contributed by atoms with Crippen LogP contribution >= 0.6 is 27.5 Å². The number of rotatable bonds is 3. The zero-order valence-electron chi connectivity index (χ0n) is 11.4. The topological polar surface area (TPSA) is 17.8 Å². The molecule has 0 aliphatic rings. The lowest BCUT2D eigenvalue weighted by atomic mass is 10.2. The van der Waals surface area contributed by atoms with Gasteiger partial charge in [-0.25, -0.2) is 9.37 Å². The molecule has 0 N–H and O–H groups in total. The zero-order valence-corrected chi connectivity index (χ0v) is 13.7. The summed E-state index contributed by atoms with van der Waals surface area (Å²) in [7, 11) is 0. The first-order valence-electron chi connectivity index (χ1n) is 6.60. The van der Waals surface area contributed by atoms with E-state index in [1.807, 2.05) is 35.8 Å². The number of imidazole rings is 1. The second kappa shape index (κ2) is 5.78. The smallest absolute Gasteiger partial charge is 0.139 e. The predicted octanol–water partition coefficient (Wildman–Crippen LogP) is 5.02. The first-order chi connectivity index (χ1) is 10.1. The van der Waals surface area contributed by atoms with Crippen molar-refractivity contribution in [1.82, 2.24) is 9.55 Å². The molecule has 0 bridgehead atoms. The van der Waals surface area contributed by atoms with Gasteiger partial charge in [0, 0.05) is 12.3 Å². The summed E-state index contributed by atoms with van der Waals surface area (Å²) < 4.78 is 16.3. The van der Waals surface area contributed by atoms with Gasteiger partial charge in [-0.05, 0) is 52.7 Å². The highest BCUT2D eigenvalue weighted by atomic mass is 79.9. The summed E-state index contributed by atoms with van der Waals surface area (Å²) in [5.41, 5.74) is 3.75. The highest BCUT2D eigenvalue weighted by Gasteiger charge is 2.14. The molecule has 2 nitrogen and oxygen atoms in total. The van der Waals surface area contributed by atoms with Gasteiger partial charge in [0.1, 0.15) is 11.6 Å². The van der Waals surface area contributed by atoms with E-state index in [1.165, 1.54) is 6.07 Å². The number of halogens is 3. The standard InChI is InChI=1S/C16H13BrClFN2/c1-10-3-2-4-14-16(10)20-15(7-8-18)21(14)11-5-6-12(17)13(19)9-11/h2-6,9H,7-8H2,1H3. The highest BCUT2D eigenvalue weighted by Crippen LogP contribution is 2.26. The molecule has 21 heavy (non-hydrogen) atoms. The molecule has 0 spiro atoms. The molecule has 0 saturated heterocycles. The van der Waals surface area contributed by atoms with Crippen LogP contribution in [0.25, 0.3) is 16.7 Å².